The number of benzene rings is 1. The second-order valence-corrected chi connectivity index (χ2v) is 5.48. The van der Waals surface area contributed by atoms with Gasteiger partial charge in [-0.25, -0.2) is 9.78 Å². The van der Waals surface area contributed by atoms with Crippen LogP contribution in [-0.4, -0.2) is 79.1 Å². The zero-order valence-corrected chi connectivity index (χ0v) is 12.3. The molecular formula is C14H12ClKN2O3S. The Morgan fingerprint density at radius 2 is 2.05 bits per heavy atom. The molecule has 1 aromatic carbocycles. The SMILES string of the molecule is O=C(CNc1cccc(Cl)c1)Sc1ncccc1C(=O)O.[KH]. The minimum absolute atomic E-state index is 0. The number of thioether (sulfide) groups is 1. The van der Waals surface area contributed by atoms with E-state index in [4.69, 9.17) is 16.7 Å². The van der Waals surface area contributed by atoms with Crippen LogP contribution in [0.4, 0.5) is 5.69 Å². The summed E-state index contributed by atoms with van der Waals surface area (Å²) in [5, 5.41) is 12.5. The summed E-state index contributed by atoms with van der Waals surface area (Å²) in [6, 6.07) is 9.91. The first kappa shape index (κ1) is 19.6. The quantitative estimate of drug-likeness (QED) is 0.628. The predicted octanol–water partition coefficient (Wildman–Crippen LogP) is 2.52. The van der Waals surface area contributed by atoms with Gasteiger partial charge in [0.1, 0.15) is 5.03 Å². The van der Waals surface area contributed by atoms with Crippen LogP contribution in [-0.2, 0) is 4.79 Å². The zero-order chi connectivity index (χ0) is 15.2. The molecule has 0 saturated heterocycles. The monoisotopic (exact) mass is 362 g/mol. The van der Waals surface area contributed by atoms with Gasteiger partial charge in [-0.1, -0.05) is 17.7 Å². The van der Waals surface area contributed by atoms with Gasteiger partial charge in [0.05, 0.1) is 12.1 Å². The number of halogens is 1. The molecule has 1 aromatic heterocycles. The minimum atomic E-state index is -1.11. The van der Waals surface area contributed by atoms with Crippen molar-refractivity contribution in [1.82, 2.24) is 4.98 Å². The molecule has 0 bridgehead atoms. The van der Waals surface area contributed by atoms with Gasteiger partial charge < -0.3 is 10.4 Å². The molecule has 0 radical (unpaired) electrons. The third-order valence-electron chi connectivity index (χ3n) is 2.47. The Bertz CT molecular complexity index is 685. The fourth-order valence-corrected chi connectivity index (χ4v) is 2.48. The van der Waals surface area contributed by atoms with E-state index in [1.807, 2.05) is 0 Å². The number of anilines is 1. The molecule has 0 unspecified atom stereocenters. The number of aromatic nitrogens is 1. The van der Waals surface area contributed by atoms with Crippen LogP contribution in [0.5, 0.6) is 0 Å². The Morgan fingerprint density at radius 1 is 1.27 bits per heavy atom. The van der Waals surface area contributed by atoms with Gasteiger partial charge in [0.2, 0.25) is 5.12 Å². The number of rotatable bonds is 5. The zero-order valence-electron chi connectivity index (χ0n) is 10.7. The van der Waals surface area contributed by atoms with E-state index < -0.39 is 5.97 Å². The summed E-state index contributed by atoms with van der Waals surface area (Å²) in [7, 11) is 0. The summed E-state index contributed by atoms with van der Waals surface area (Å²) in [6.45, 7) is 0.0423. The number of hydrogen-bond donors (Lipinski definition) is 2. The molecule has 0 fully saturated rings. The number of carboxylic acids is 1. The van der Waals surface area contributed by atoms with Crippen molar-refractivity contribution in [3.8, 4) is 0 Å². The van der Waals surface area contributed by atoms with Gasteiger partial charge in [-0.3, -0.25) is 4.79 Å². The van der Waals surface area contributed by atoms with Crippen LogP contribution >= 0.6 is 23.4 Å². The van der Waals surface area contributed by atoms with Gasteiger partial charge in [-0.15, -0.1) is 0 Å². The molecule has 0 amide bonds. The van der Waals surface area contributed by atoms with Crippen molar-refractivity contribution in [3.63, 3.8) is 0 Å². The summed E-state index contributed by atoms with van der Waals surface area (Å²) in [6.07, 6.45) is 1.45. The topological polar surface area (TPSA) is 79.3 Å². The van der Waals surface area contributed by atoms with Gasteiger partial charge in [-0.2, -0.15) is 0 Å². The third-order valence-corrected chi connectivity index (χ3v) is 3.60. The molecule has 5 nitrogen and oxygen atoms in total. The molecule has 0 aliphatic heterocycles. The van der Waals surface area contributed by atoms with Crippen molar-refractivity contribution in [3.05, 3.63) is 53.2 Å². The molecule has 8 heteroatoms. The van der Waals surface area contributed by atoms with Crippen LogP contribution in [0.2, 0.25) is 5.02 Å². The molecule has 1 heterocycles. The summed E-state index contributed by atoms with van der Waals surface area (Å²) in [4.78, 5) is 26.8. The van der Waals surface area contributed by atoms with Gasteiger partial charge in [-0.05, 0) is 42.1 Å². The Hall–Kier alpha value is -0.414. The Labute approximate surface area is 179 Å². The molecule has 2 aromatic rings. The van der Waals surface area contributed by atoms with Crippen molar-refractivity contribution in [2.24, 2.45) is 0 Å². The van der Waals surface area contributed by atoms with E-state index in [2.05, 4.69) is 10.3 Å². The molecule has 22 heavy (non-hydrogen) atoms. The van der Waals surface area contributed by atoms with Crippen LogP contribution in [0, 0.1) is 0 Å². The summed E-state index contributed by atoms with van der Waals surface area (Å²) in [5.74, 6) is -1.11. The van der Waals surface area contributed by atoms with Crippen LogP contribution in [0.1, 0.15) is 10.4 Å². The number of carbonyl (C=O) groups is 2. The van der Waals surface area contributed by atoms with Crippen LogP contribution in [0.25, 0.3) is 0 Å². The Balaban J connectivity index is 0.00000242. The van der Waals surface area contributed by atoms with Crippen molar-refractivity contribution >= 4 is 91.5 Å². The van der Waals surface area contributed by atoms with Crippen LogP contribution in [0.15, 0.2) is 47.6 Å². The van der Waals surface area contributed by atoms with E-state index in [0.717, 1.165) is 17.4 Å². The maximum absolute atomic E-state index is 11.9. The first-order valence-electron chi connectivity index (χ1n) is 5.94. The van der Waals surface area contributed by atoms with Gasteiger partial charge in [0.15, 0.2) is 0 Å². The van der Waals surface area contributed by atoms with Gasteiger partial charge >= 0.3 is 57.4 Å². The number of carbonyl (C=O) groups excluding carboxylic acids is 1. The Morgan fingerprint density at radius 3 is 2.73 bits per heavy atom. The first-order valence-corrected chi connectivity index (χ1v) is 7.14. The normalized spacial score (nSPS) is 9.68. The molecular weight excluding hydrogens is 351 g/mol. The maximum atomic E-state index is 11.9. The number of aromatic carboxylic acids is 1. The molecule has 0 atom stereocenters. The van der Waals surface area contributed by atoms with Crippen molar-refractivity contribution in [1.29, 1.82) is 0 Å². The van der Waals surface area contributed by atoms with Crippen molar-refractivity contribution in [2.45, 2.75) is 5.03 Å². The number of nitrogens with zero attached hydrogens (tertiary/aromatic N) is 1. The van der Waals surface area contributed by atoms with Crippen LogP contribution < -0.4 is 5.32 Å². The Kier molecular flexibility index (Phi) is 8.62. The molecule has 0 aliphatic carbocycles. The average Bonchev–Trinajstić information content (AvgIpc) is 2.45. The van der Waals surface area contributed by atoms with E-state index in [0.29, 0.717) is 5.02 Å². The number of carboxylic acid groups (broad SMARTS) is 1. The molecule has 0 saturated carbocycles. The second-order valence-electron chi connectivity index (χ2n) is 4.00. The average molecular weight is 363 g/mol. The molecule has 0 spiro atoms. The number of hydrogen-bond acceptors (Lipinski definition) is 5. The van der Waals surface area contributed by atoms with Crippen molar-refractivity contribution < 1.29 is 14.7 Å². The first-order chi connectivity index (χ1) is 10.1. The fraction of sp³-hybridized carbons (Fsp3) is 0.0714. The molecule has 2 N–H and O–H groups in total. The standard InChI is InChI=1S/C14H11ClN2O3S.K.H/c15-9-3-1-4-10(7-9)17-8-12(18)21-13-11(14(19)20)5-2-6-16-13;;/h1-7,17H,8H2,(H,19,20);;. The van der Waals surface area contributed by atoms with Gasteiger partial charge in [0.25, 0.3) is 0 Å². The summed E-state index contributed by atoms with van der Waals surface area (Å²) < 4.78 is 0. The second kappa shape index (κ2) is 9.66. The van der Waals surface area contributed by atoms with Crippen LogP contribution in [0.3, 0.4) is 0 Å². The molecule has 2 rings (SSSR count). The van der Waals surface area contributed by atoms with E-state index in [1.165, 1.54) is 18.3 Å². The summed E-state index contributed by atoms with van der Waals surface area (Å²) in [5.41, 5.74) is 0.731. The van der Waals surface area contributed by atoms with E-state index in [9.17, 15) is 9.59 Å². The third kappa shape index (κ3) is 6.00. The van der Waals surface area contributed by atoms with Gasteiger partial charge in [0, 0.05) is 16.9 Å². The summed E-state index contributed by atoms with van der Waals surface area (Å²) >= 11 is 6.64. The van der Waals surface area contributed by atoms with Crippen molar-refractivity contribution in [2.75, 3.05) is 11.9 Å². The van der Waals surface area contributed by atoms with E-state index in [-0.39, 0.29) is 73.6 Å². The molecule has 110 valence electrons. The fourth-order valence-electron chi connectivity index (χ4n) is 1.55. The number of pyridine rings is 1. The molecule has 0 aliphatic rings. The number of nitrogens with one attached hydrogen (secondary N) is 1. The van der Waals surface area contributed by atoms with E-state index in [1.54, 1.807) is 24.3 Å². The predicted molar refractivity (Wildman–Crippen MR) is 89.2 cm³/mol. The van der Waals surface area contributed by atoms with E-state index >= 15 is 0 Å².